The van der Waals surface area contributed by atoms with Crippen molar-refractivity contribution in [2.45, 2.75) is 57.2 Å². The van der Waals surface area contributed by atoms with Crippen molar-refractivity contribution < 1.29 is 24.2 Å². The van der Waals surface area contributed by atoms with Gasteiger partial charge in [-0.05, 0) is 52.8 Å². The van der Waals surface area contributed by atoms with E-state index in [-0.39, 0.29) is 6.42 Å². The molecule has 0 unspecified atom stereocenters. The Balaban J connectivity index is 2.41. The minimum atomic E-state index is -2.09. The van der Waals surface area contributed by atoms with Crippen molar-refractivity contribution in [1.82, 2.24) is 10.2 Å². The summed E-state index contributed by atoms with van der Waals surface area (Å²) in [6.45, 7) is 5.75. The zero-order valence-electron chi connectivity index (χ0n) is 16.3. The van der Waals surface area contributed by atoms with Gasteiger partial charge in [-0.15, -0.1) is 0 Å². The highest BCUT2D eigenvalue weighted by atomic mass is 16.6. The number of hydrogen-bond acceptors (Lipinski definition) is 5. The Bertz CT molecular complexity index is 698. The monoisotopic (exact) mass is 376 g/mol. The fourth-order valence-electron chi connectivity index (χ4n) is 3.33. The molecule has 7 nitrogen and oxygen atoms in total. The highest BCUT2D eigenvalue weighted by molar-refractivity contribution is 6.12. The van der Waals surface area contributed by atoms with E-state index in [4.69, 9.17) is 4.74 Å². The fourth-order valence-corrected chi connectivity index (χ4v) is 3.33. The van der Waals surface area contributed by atoms with Gasteiger partial charge in [0.2, 0.25) is 5.54 Å². The Morgan fingerprint density at radius 2 is 1.85 bits per heavy atom. The van der Waals surface area contributed by atoms with Crippen LogP contribution in [0.3, 0.4) is 0 Å². The third kappa shape index (κ3) is 5.07. The van der Waals surface area contributed by atoms with Crippen LogP contribution < -0.4 is 5.32 Å². The van der Waals surface area contributed by atoms with Crippen molar-refractivity contribution in [3.8, 4) is 0 Å². The molecule has 1 aliphatic heterocycles. The number of likely N-dealkylation sites (tertiary alicyclic amines) is 1. The Kier molecular flexibility index (Phi) is 6.26. The number of benzene rings is 1. The summed E-state index contributed by atoms with van der Waals surface area (Å²) in [5.74, 6) is -1.91. The predicted molar refractivity (Wildman–Crippen MR) is 101 cm³/mol. The lowest BCUT2D eigenvalue weighted by Crippen LogP contribution is -2.65. The van der Waals surface area contributed by atoms with Crippen LogP contribution in [-0.2, 0) is 20.7 Å². The van der Waals surface area contributed by atoms with Gasteiger partial charge in [0.25, 0.3) is 0 Å². The molecule has 1 aromatic rings. The molecule has 7 heteroatoms. The summed E-state index contributed by atoms with van der Waals surface area (Å²) in [7, 11) is 1.79. The molecular formula is C20H28N2O5. The maximum atomic E-state index is 13.3. The molecule has 0 saturated carbocycles. The normalized spacial score (nSPS) is 19.9. The third-order valence-corrected chi connectivity index (χ3v) is 4.64. The van der Waals surface area contributed by atoms with Gasteiger partial charge in [-0.2, -0.15) is 0 Å². The predicted octanol–water partition coefficient (Wildman–Crippen LogP) is 2.24. The molecule has 0 radical (unpaired) electrons. The van der Waals surface area contributed by atoms with Crippen molar-refractivity contribution in [2.75, 3.05) is 13.6 Å². The van der Waals surface area contributed by atoms with Crippen LogP contribution >= 0.6 is 0 Å². The molecule has 1 aliphatic rings. The number of nitrogens with zero attached hydrogens (tertiary/aromatic N) is 1. The van der Waals surface area contributed by atoms with E-state index in [0.717, 1.165) is 6.42 Å². The lowest BCUT2D eigenvalue weighted by atomic mass is 9.82. The van der Waals surface area contributed by atoms with Crippen LogP contribution in [0.5, 0.6) is 0 Å². The Labute approximate surface area is 159 Å². The van der Waals surface area contributed by atoms with E-state index in [2.05, 4.69) is 5.32 Å². The van der Waals surface area contributed by atoms with Crippen LogP contribution in [0.1, 0.15) is 39.2 Å². The molecule has 1 fully saturated rings. The number of ketones is 1. The quantitative estimate of drug-likeness (QED) is 0.739. The summed E-state index contributed by atoms with van der Waals surface area (Å²) in [5, 5.41) is 12.4. The maximum Gasteiger partial charge on any atom is 0.408 e. The van der Waals surface area contributed by atoms with Gasteiger partial charge < -0.3 is 9.84 Å². The molecule has 2 N–H and O–H groups in total. The molecule has 2 atom stereocenters. The SMILES string of the molecule is CN1CCC[C@H]1C(=O)[C@@](Cc1ccccc1)(NC(=O)OC(C)(C)C)C(=O)O. The summed E-state index contributed by atoms with van der Waals surface area (Å²) in [6, 6.07) is 8.25. The number of ether oxygens (including phenoxy) is 1. The van der Waals surface area contributed by atoms with Crippen molar-refractivity contribution in [2.24, 2.45) is 0 Å². The van der Waals surface area contributed by atoms with E-state index in [1.807, 2.05) is 4.90 Å². The van der Waals surface area contributed by atoms with E-state index in [1.165, 1.54) is 0 Å². The standard InChI is InChI=1S/C20H28N2O5/c1-19(2,3)27-18(26)21-20(17(24)25,13-14-9-6-5-7-10-14)16(23)15-11-8-12-22(15)4/h5-7,9-10,15H,8,11-13H2,1-4H3,(H,21,26)(H,24,25)/t15-,20+/m0/s1. The van der Waals surface area contributed by atoms with Crippen LogP contribution in [0.2, 0.25) is 0 Å². The van der Waals surface area contributed by atoms with E-state index in [9.17, 15) is 19.5 Å². The highest BCUT2D eigenvalue weighted by Gasteiger charge is 2.52. The summed E-state index contributed by atoms with van der Waals surface area (Å²) >= 11 is 0. The molecule has 0 bridgehead atoms. The first-order valence-electron chi connectivity index (χ1n) is 9.08. The molecule has 1 heterocycles. The number of rotatable bonds is 6. The molecule has 27 heavy (non-hydrogen) atoms. The number of likely N-dealkylation sites (N-methyl/N-ethyl adjacent to an activating group) is 1. The van der Waals surface area contributed by atoms with Crippen LogP contribution in [0.25, 0.3) is 0 Å². The molecule has 0 aliphatic carbocycles. The maximum absolute atomic E-state index is 13.3. The number of amides is 1. The number of nitrogens with one attached hydrogen (secondary N) is 1. The zero-order chi connectivity index (χ0) is 20.2. The topological polar surface area (TPSA) is 95.9 Å². The molecule has 0 aromatic heterocycles. The number of Topliss-reactive ketones (excluding diaryl/α,β-unsaturated/α-hetero) is 1. The lowest BCUT2D eigenvalue weighted by Gasteiger charge is -2.34. The van der Waals surface area contributed by atoms with Crippen LogP contribution in [0, 0.1) is 0 Å². The first-order valence-corrected chi connectivity index (χ1v) is 9.08. The number of aliphatic carboxylic acids is 1. The van der Waals surface area contributed by atoms with E-state index >= 15 is 0 Å². The lowest BCUT2D eigenvalue weighted by molar-refractivity contribution is -0.151. The average Bonchev–Trinajstić information content (AvgIpc) is 2.98. The highest BCUT2D eigenvalue weighted by Crippen LogP contribution is 2.25. The van der Waals surface area contributed by atoms with Crippen LogP contribution in [-0.4, -0.2) is 58.6 Å². The first kappa shape index (κ1) is 20.9. The molecule has 0 spiro atoms. The van der Waals surface area contributed by atoms with Gasteiger partial charge in [0, 0.05) is 6.42 Å². The second kappa shape index (κ2) is 8.08. The Morgan fingerprint density at radius 1 is 1.22 bits per heavy atom. The number of hydrogen-bond donors (Lipinski definition) is 2. The molecule has 148 valence electrons. The van der Waals surface area contributed by atoms with Crippen LogP contribution in [0.15, 0.2) is 30.3 Å². The largest absolute Gasteiger partial charge is 0.479 e. The van der Waals surface area contributed by atoms with Gasteiger partial charge in [-0.1, -0.05) is 30.3 Å². The second-order valence-corrected chi connectivity index (χ2v) is 8.00. The minimum absolute atomic E-state index is 0.147. The van der Waals surface area contributed by atoms with Crippen molar-refractivity contribution in [3.63, 3.8) is 0 Å². The van der Waals surface area contributed by atoms with Gasteiger partial charge in [-0.25, -0.2) is 9.59 Å². The molecule has 1 aromatic carbocycles. The molecule has 2 rings (SSSR count). The van der Waals surface area contributed by atoms with Gasteiger partial charge >= 0.3 is 12.1 Å². The number of carbonyl (C=O) groups is 3. The third-order valence-electron chi connectivity index (χ3n) is 4.64. The fraction of sp³-hybridized carbons (Fsp3) is 0.550. The molecule has 1 amide bonds. The zero-order valence-corrected chi connectivity index (χ0v) is 16.3. The van der Waals surface area contributed by atoms with E-state index in [0.29, 0.717) is 18.5 Å². The molecular weight excluding hydrogens is 348 g/mol. The minimum Gasteiger partial charge on any atom is -0.479 e. The first-order chi connectivity index (χ1) is 12.5. The average molecular weight is 376 g/mol. The summed E-state index contributed by atoms with van der Waals surface area (Å²) in [5.41, 5.74) is -2.26. The Morgan fingerprint density at radius 3 is 2.33 bits per heavy atom. The second-order valence-electron chi connectivity index (χ2n) is 8.00. The van der Waals surface area contributed by atoms with Gasteiger partial charge in [0.15, 0.2) is 5.78 Å². The summed E-state index contributed by atoms with van der Waals surface area (Å²) in [4.78, 5) is 39.9. The summed E-state index contributed by atoms with van der Waals surface area (Å²) < 4.78 is 5.24. The van der Waals surface area contributed by atoms with Crippen molar-refractivity contribution >= 4 is 17.8 Å². The molecule has 1 saturated heterocycles. The number of carboxylic acid groups (broad SMARTS) is 1. The van der Waals surface area contributed by atoms with Gasteiger partial charge in [0.05, 0.1) is 6.04 Å². The van der Waals surface area contributed by atoms with E-state index < -0.39 is 35.0 Å². The van der Waals surface area contributed by atoms with Gasteiger partial charge in [0.1, 0.15) is 5.60 Å². The number of carboxylic acids is 1. The Hall–Kier alpha value is -2.41. The summed E-state index contributed by atoms with van der Waals surface area (Å²) in [6.07, 6.45) is 0.302. The van der Waals surface area contributed by atoms with Crippen LogP contribution in [0.4, 0.5) is 4.79 Å². The van der Waals surface area contributed by atoms with E-state index in [1.54, 1.807) is 58.2 Å². The van der Waals surface area contributed by atoms with Crippen molar-refractivity contribution in [1.29, 1.82) is 0 Å². The number of alkyl carbamates (subject to hydrolysis) is 1. The number of carbonyl (C=O) groups excluding carboxylic acids is 2. The smallest absolute Gasteiger partial charge is 0.408 e. The van der Waals surface area contributed by atoms with Crippen molar-refractivity contribution in [3.05, 3.63) is 35.9 Å². The van der Waals surface area contributed by atoms with Gasteiger partial charge in [-0.3, -0.25) is 15.0 Å².